The van der Waals surface area contributed by atoms with Crippen LogP contribution in [0.25, 0.3) is 0 Å². The molecule has 2 aromatic rings. The molecule has 116 valence electrons. The van der Waals surface area contributed by atoms with E-state index < -0.39 is 5.82 Å². The van der Waals surface area contributed by atoms with Gasteiger partial charge in [-0.3, -0.25) is 9.88 Å². The first-order chi connectivity index (χ1) is 10.7. The van der Waals surface area contributed by atoms with Crippen molar-refractivity contribution in [2.75, 3.05) is 13.1 Å². The lowest BCUT2D eigenvalue weighted by Crippen LogP contribution is -2.41. The van der Waals surface area contributed by atoms with Gasteiger partial charge < -0.3 is 4.74 Å². The third kappa shape index (κ3) is 3.80. The maximum atomic E-state index is 13.6. The van der Waals surface area contributed by atoms with Crippen molar-refractivity contribution in [1.29, 1.82) is 0 Å². The van der Waals surface area contributed by atoms with E-state index in [9.17, 15) is 4.39 Å². The van der Waals surface area contributed by atoms with Gasteiger partial charge in [0.1, 0.15) is 6.10 Å². The van der Waals surface area contributed by atoms with E-state index in [-0.39, 0.29) is 12.0 Å². The highest BCUT2D eigenvalue weighted by Gasteiger charge is 2.23. The molecule has 22 heavy (non-hydrogen) atoms. The van der Waals surface area contributed by atoms with E-state index in [1.807, 2.05) is 12.3 Å². The van der Waals surface area contributed by atoms with Crippen molar-refractivity contribution >= 4 is 0 Å². The van der Waals surface area contributed by atoms with Crippen molar-refractivity contribution in [3.05, 3.63) is 53.7 Å². The Bertz CT molecular complexity index is 635. The Morgan fingerprint density at radius 1 is 1.32 bits per heavy atom. The summed E-state index contributed by atoms with van der Waals surface area (Å²) in [7, 11) is 0. The molecule has 2 aromatic heterocycles. The summed E-state index contributed by atoms with van der Waals surface area (Å²) in [5.74, 6) is -0.303. The SMILES string of the molecule is Cc1ccnc(CN2CCCC(Oc3ncccc3F)C2)c1. The maximum Gasteiger partial charge on any atom is 0.250 e. The zero-order chi connectivity index (χ0) is 15.4. The summed E-state index contributed by atoms with van der Waals surface area (Å²) >= 11 is 0. The highest BCUT2D eigenvalue weighted by atomic mass is 19.1. The summed E-state index contributed by atoms with van der Waals surface area (Å²) < 4.78 is 19.4. The molecule has 0 radical (unpaired) electrons. The monoisotopic (exact) mass is 301 g/mol. The molecule has 0 aliphatic carbocycles. The summed E-state index contributed by atoms with van der Waals surface area (Å²) in [6.45, 7) is 4.65. The lowest BCUT2D eigenvalue weighted by Gasteiger charge is -2.32. The molecule has 5 heteroatoms. The molecule has 1 aliphatic rings. The Labute approximate surface area is 130 Å². The van der Waals surface area contributed by atoms with Crippen LogP contribution in [0.15, 0.2) is 36.7 Å². The molecule has 1 atom stereocenters. The van der Waals surface area contributed by atoms with Crippen LogP contribution in [0.2, 0.25) is 0 Å². The number of rotatable bonds is 4. The molecule has 0 aromatic carbocycles. The van der Waals surface area contributed by atoms with Crippen LogP contribution in [-0.2, 0) is 6.54 Å². The van der Waals surface area contributed by atoms with Gasteiger partial charge in [-0.15, -0.1) is 0 Å². The molecule has 4 nitrogen and oxygen atoms in total. The summed E-state index contributed by atoms with van der Waals surface area (Å²) in [4.78, 5) is 10.7. The highest BCUT2D eigenvalue weighted by molar-refractivity contribution is 5.15. The van der Waals surface area contributed by atoms with E-state index in [0.29, 0.717) is 0 Å². The van der Waals surface area contributed by atoms with Gasteiger partial charge in [0.15, 0.2) is 5.82 Å². The second-order valence-electron chi connectivity index (χ2n) is 5.73. The van der Waals surface area contributed by atoms with Crippen LogP contribution in [0.4, 0.5) is 4.39 Å². The minimum absolute atomic E-state index is 0.0250. The van der Waals surface area contributed by atoms with Crippen LogP contribution >= 0.6 is 0 Å². The number of nitrogens with zero attached hydrogens (tertiary/aromatic N) is 3. The van der Waals surface area contributed by atoms with Gasteiger partial charge >= 0.3 is 0 Å². The fourth-order valence-corrected chi connectivity index (χ4v) is 2.78. The van der Waals surface area contributed by atoms with Gasteiger partial charge in [0, 0.05) is 25.5 Å². The van der Waals surface area contributed by atoms with Gasteiger partial charge in [-0.05, 0) is 56.1 Å². The van der Waals surface area contributed by atoms with Crippen LogP contribution in [0.1, 0.15) is 24.1 Å². The lowest BCUT2D eigenvalue weighted by molar-refractivity contribution is 0.0768. The summed E-state index contributed by atoms with van der Waals surface area (Å²) in [5.41, 5.74) is 2.27. The molecular weight excluding hydrogens is 281 g/mol. The van der Waals surface area contributed by atoms with Crippen molar-refractivity contribution in [3.8, 4) is 5.88 Å². The molecular formula is C17H20FN3O. The molecule has 1 unspecified atom stereocenters. The first-order valence-corrected chi connectivity index (χ1v) is 7.62. The van der Waals surface area contributed by atoms with Crippen LogP contribution in [-0.4, -0.2) is 34.1 Å². The molecule has 0 bridgehead atoms. The predicted molar refractivity (Wildman–Crippen MR) is 82.1 cm³/mol. The van der Waals surface area contributed by atoms with Crippen LogP contribution in [0, 0.1) is 12.7 Å². The average Bonchev–Trinajstić information content (AvgIpc) is 2.50. The summed E-state index contributed by atoms with van der Waals surface area (Å²) in [5, 5.41) is 0. The Hall–Kier alpha value is -2.01. The van der Waals surface area contributed by atoms with Crippen molar-refractivity contribution in [2.24, 2.45) is 0 Å². The fraction of sp³-hybridized carbons (Fsp3) is 0.412. The number of hydrogen-bond donors (Lipinski definition) is 0. The molecule has 0 amide bonds. The number of halogens is 1. The molecule has 1 aliphatic heterocycles. The van der Waals surface area contributed by atoms with Crippen molar-refractivity contribution in [2.45, 2.75) is 32.4 Å². The average molecular weight is 301 g/mol. The minimum Gasteiger partial charge on any atom is -0.471 e. The third-order valence-electron chi connectivity index (χ3n) is 3.82. The van der Waals surface area contributed by atoms with Gasteiger partial charge in [-0.25, -0.2) is 9.37 Å². The smallest absolute Gasteiger partial charge is 0.250 e. The number of pyridine rings is 2. The number of hydrogen-bond acceptors (Lipinski definition) is 4. The minimum atomic E-state index is -0.403. The molecule has 0 N–H and O–H groups in total. The quantitative estimate of drug-likeness (QED) is 0.870. The molecule has 3 heterocycles. The number of likely N-dealkylation sites (tertiary alicyclic amines) is 1. The van der Waals surface area contributed by atoms with Crippen molar-refractivity contribution in [3.63, 3.8) is 0 Å². The van der Waals surface area contributed by atoms with Crippen molar-refractivity contribution in [1.82, 2.24) is 14.9 Å². The zero-order valence-electron chi connectivity index (χ0n) is 12.7. The molecule has 1 saturated heterocycles. The lowest BCUT2D eigenvalue weighted by atomic mass is 10.1. The van der Waals surface area contributed by atoms with Gasteiger partial charge in [-0.2, -0.15) is 0 Å². The van der Waals surface area contributed by atoms with E-state index in [4.69, 9.17) is 4.74 Å². The number of piperidine rings is 1. The summed E-state index contributed by atoms with van der Waals surface area (Å²) in [6, 6.07) is 7.04. The third-order valence-corrected chi connectivity index (χ3v) is 3.82. The highest BCUT2D eigenvalue weighted by Crippen LogP contribution is 2.20. The van der Waals surface area contributed by atoms with E-state index in [1.165, 1.54) is 11.6 Å². The molecule has 0 saturated carbocycles. The van der Waals surface area contributed by atoms with Crippen LogP contribution in [0.5, 0.6) is 5.88 Å². The fourth-order valence-electron chi connectivity index (χ4n) is 2.78. The van der Waals surface area contributed by atoms with E-state index in [2.05, 4.69) is 27.9 Å². The first-order valence-electron chi connectivity index (χ1n) is 7.62. The largest absolute Gasteiger partial charge is 0.471 e. The number of aromatic nitrogens is 2. The van der Waals surface area contributed by atoms with Gasteiger partial charge in [0.25, 0.3) is 5.88 Å². The first kappa shape index (κ1) is 14.9. The molecule has 3 rings (SSSR count). The van der Waals surface area contributed by atoms with Crippen LogP contribution < -0.4 is 4.74 Å². The van der Waals surface area contributed by atoms with Gasteiger partial charge in [0.05, 0.1) is 5.69 Å². The maximum absolute atomic E-state index is 13.6. The van der Waals surface area contributed by atoms with Crippen LogP contribution in [0.3, 0.4) is 0 Å². The summed E-state index contributed by atoms with van der Waals surface area (Å²) in [6.07, 6.45) is 5.32. The van der Waals surface area contributed by atoms with E-state index in [0.717, 1.165) is 38.2 Å². The predicted octanol–water partition coefficient (Wildman–Crippen LogP) is 2.97. The van der Waals surface area contributed by atoms with E-state index >= 15 is 0 Å². The Morgan fingerprint density at radius 2 is 2.23 bits per heavy atom. The Balaban J connectivity index is 1.61. The number of aryl methyl sites for hydroxylation is 1. The topological polar surface area (TPSA) is 38.2 Å². The molecule has 1 fully saturated rings. The number of ether oxygens (including phenoxy) is 1. The zero-order valence-corrected chi connectivity index (χ0v) is 12.7. The molecule has 0 spiro atoms. The van der Waals surface area contributed by atoms with E-state index in [1.54, 1.807) is 12.3 Å². The normalized spacial score (nSPS) is 19.1. The van der Waals surface area contributed by atoms with Gasteiger partial charge in [0.2, 0.25) is 0 Å². The van der Waals surface area contributed by atoms with Gasteiger partial charge in [-0.1, -0.05) is 0 Å². The second kappa shape index (κ2) is 6.83. The second-order valence-corrected chi connectivity index (χ2v) is 5.73. The Kier molecular flexibility index (Phi) is 4.63. The Morgan fingerprint density at radius 3 is 3.05 bits per heavy atom. The van der Waals surface area contributed by atoms with Crippen molar-refractivity contribution < 1.29 is 9.13 Å². The standard InChI is InChI=1S/C17H20FN3O/c1-13-6-8-19-14(10-13)11-21-9-3-4-15(12-21)22-17-16(18)5-2-7-20-17/h2,5-8,10,15H,3-4,9,11-12H2,1H3.